The summed E-state index contributed by atoms with van der Waals surface area (Å²) in [7, 11) is 0. The van der Waals surface area contributed by atoms with Gasteiger partial charge in [-0.1, -0.05) is 72.4 Å². The number of halogens is 10. The Bertz CT molecular complexity index is 2940. The van der Waals surface area contributed by atoms with Gasteiger partial charge in [-0.2, -0.15) is 46.8 Å². The number of hydrogen-bond donors (Lipinski definition) is 4. The Morgan fingerprint density at radius 1 is 0.543 bits per heavy atom. The lowest BCUT2D eigenvalue weighted by Crippen LogP contribution is -2.33. The third kappa shape index (κ3) is 13.3. The zero-order chi connectivity index (χ0) is 51.8. The lowest BCUT2D eigenvalue weighted by atomic mass is 10.0. The van der Waals surface area contributed by atoms with E-state index < -0.39 is 70.8 Å². The van der Waals surface area contributed by atoms with Gasteiger partial charge in [-0.15, -0.1) is 0 Å². The lowest BCUT2D eigenvalue weighted by Gasteiger charge is -2.19. The van der Waals surface area contributed by atoms with E-state index in [-0.39, 0.29) is 78.2 Å². The molecule has 0 bridgehead atoms. The highest BCUT2D eigenvalue weighted by Crippen LogP contribution is 2.37. The smallest absolute Gasteiger partial charge is 0.324 e. The first kappa shape index (κ1) is 54.2. The number of aryl methyl sites for hydroxylation is 2. The standard InChI is InChI=1S/C46H36Cl4F6N8O6/c1-5-23-17-27(57-43(69)38(21(3)65)63-61-32-11-7-9-28(36(32)49)41(67)58-34-19-25(45(51,52)53)13-15-30(34)47)18-24(6-2)40(23)60-44(70)39(22(4)66)64-62-33-12-8-10-29(37(33)50)42(68)59-35-20-26(46(54,55)56)14-16-31(35)48/h7-20,38-39H,5-6H2,1-4H3,(H,57,69)(H,58,67)(H,59,68)(H,60,70). The average Bonchev–Trinajstić information content (AvgIpc) is 3.28. The molecule has 0 saturated carbocycles. The number of carbonyl (C=O) groups is 6. The van der Waals surface area contributed by atoms with Crippen LogP contribution in [0.15, 0.2) is 105 Å². The topological polar surface area (TPSA) is 200 Å². The second-order valence-corrected chi connectivity index (χ2v) is 16.5. The molecule has 5 rings (SSSR count). The number of carbonyl (C=O) groups excluding carboxylic acids is 6. The van der Waals surface area contributed by atoms with Gasteiger partial charge in [0.15, 0.2) is 11.6 Å². The molecule has 4 amide bonds. The van der Waals surface area contributed by atoms with Crippen molar-refractivity contribution in [2.75, 3.05) is 21.3 Å². The number of hydrogen-bond acceptors (Lipinski definition) is 10. The molecule has 2 unspecified atom stereocenters. The Morgan fingerprint density at radius 3 is 1.29 bits per heavy atom. The van der Waals surface area contributed by atoms with Crippen molar-refractivity contribution < 1.29 is 55.1 Å². The maximum absolute atomic E-state index is 13.7. The Balaban J connectivity index is 1.32. The number of nitrogens with zero attached hydrogens (tertiary/aromatic N) is 4. The van der Waals surface area contributed by atoms with E-state index in [1.807, 2.05) is 0 Å². The molecule has 0 fully saturated rings. The summed E-state index contributed by atoms with van der Waals surface area (Å²) in [5.74, 6) is -5.25. The molecule has 0 aliphatic rings. The van der Waals surface area contributed by atoms with Gasteiger partial charge in [0, 0.05) is 11.4 Å². The molecule has 0 aliphatic carbocycles. The fourth-order valence-corrected chi connectivity index (χ4v) is 7.18. The van der Waals surface area contributed by atoms with Crippen molar-refractivity contribution >= 4 is 116 Å². The molecule has 0 spiro atoms. The summed E-state index contributed by atoms with van der Waals surface area (Å²) >= 11 is 24.9. The quantitative estimate of drug-likeness (QED) is 0.0430. The molecule has 0 saturated heterocycles. The summed E-state index contributed by atoms with van der Waals surface area (Å²) in [6.07, 6.45) is -8.90. The van der Waals surface area contributed by atoms with Gasteiger partial charge >= 0.3 is 12.4 Å². The van der Waals surface area contributed by atoms with Gasteiger partial charge in [-0.3, -0.25) is 28.8 Å². The molecular formula is C46H36Cl4F6N8O6. The highest BCUT2D eigenvalue weighted by molar-refractivity contribution is 6.38. The molecule has 0 heterocycles. The third-order valence-electron chi connectivity index (χ3n) is 9.94. The third-order valence-corrected chi connectivity index (χ3v) is 11.4. The van der Waals surface area contributed by atoms with Crippen molar-refractivity contribution in [3.05, 3.63) is 138 Å². The van der Waals surface area contributed by atoms with Gasteiger partial charge in [-0.25, -0.2) is 0 Å². The highest BCUT2D eigenvalue weighted by Gasteiger charge is 2.33. The minimum Gasteiger partial charge on any atom is -0.324 e. The normalized spacial score (nSPS) is 12.7. The number of rotatable bonds is 16. The van der Waals surface area contributed by atoms with Crippen molar-refractivity contribution in [2.24, 2.45) is 20.5 Å². The first-order chi connectivity index (χ1) is 32.8. The van der Waals surface area contributed by atoms with E-state index in [0.717, 1.165) is 38.1 Å². The molecule has 70 heavy (non-hydrogen) atoms. The van der Waals surface area contributed by atoms with E-state index in [9.17, 15) is 55.1 Å². The van der Waals surface area contributed by atoms with Gasteiger partial charge in [0.05, 0.1) is 53.7 Å². The summed E-state index contributed by atoms with van der Waals surface area (Å²) in [4.78, 5) is 78.9. The van der Waals surface area contributed by atoms with Crippen molar-refractivity contribution in [1.29, 1.82) is 0 Å². The SMILES string of the molecule is CCc1cc(NC(=O)C(N=Nc2cccc(C(=O)Nc3cc(C(F)(F)F)ccc3Cl)c2Cl)C(C)=O)cc(CC)c1NC(=O)C(N=Nc1cccc(C(=O)Nc2cc(C(F)(F)F)ccc2Cl)c1Cl)C(C)=O. The van der Waals surface area contributed by atoms with E-state index in [1.165, 1.54) is 48.5 Å². The summed E-state index contributed by atoms with van der Waals surface area (Å²) in [5.41, 5.74) is -2.26. The molecule has 0 radical (unpaired) electrons. The molecule has 366 valence electrons. The van der Waals surface area contributed by atoms with Gasteiger partial charge in [0.1, 0.15) is 11.4 Å². The van der Waals surface area contributed by atoms with Crippen molar-refractivity contribution in [1.82, 2.24) is 0 Å². The number of benzene rings is 5. The van der Waals surface area contributed by atoms with Crippen LogP contribution in [0, 0.1) is 0 Å². The molecule has 0 aromatic heterocycles. The van der Waals surface area contributed by atoms with Crippen LogP contribution in [0.3, 0.4) is 0 Å². The minimum absolute atomic E-state index is 0.169. The van der Waals surface area contributed by atoms with Crippen LogP contribution in [-0.2, 0) is 44.4 Å². The second-order valence-electron chi connectivity index (χ2n) is 14.9. The first-order valence-corrected chi connectivity index (χ1v) is 21.9. The fraction of sp³-hybridized carbons (Fsp3) is 0.217. The van der Waals surface area contributed by atoms with Gasteiger partial charge < -0.3 is 21.3 Å². The summed E-state index contributed by atoms with van der Waals surface area (Å²) in [6.45, 7) is 5.64. The Kier molecular flexibility index (Phi) is 17.6. The van der Waals surface area contributed by atoms with Crippen LogP contribution < -0.4 is 21.3 Å². The maximum atomic E-state index is 13.7. The van der Waals surface area contributed by atoms with E-state index >= 15 is 0 Å². The number of amides is 4. The van der Waals surface area contributed by atoms with Gasteiger partial charge in [0.2, 0.25) is 12.1 Å². The summed E-state index contributed by atoms with van der Waals surface area (Å²) < 4.78 is 79.7. The number of azo groups is 2. The maximum Gasteiger partial charge on any atom is 0.416 e. The number of Topliss-reactive ketones (excluding diaryl/α,β-unsaturated/α-hetero) is 2. The van der Waals surface area contributed by atoms with E-state index in [4.69, 9.17) is 46.4 Å². The van der Waals surface area contributed by atoms with Crippen LogP contribution in [0.1, 0.15) is 70.7 Å². The number of anilines is 4. The molecule has 4 N–H and O–H groups in total. The minimum atomic E-state index is -4.72. The monoisotopic (exact) mass is 1050 g/mol. The van der Waals surface area contributed by atoms with Crippen LogP contribution in [0.25, 0.3) is 0 Å². The number of nitrogens with one attached hydrogen (secondary N) is 4. The zero-order valence-electron chi connectivity index (χ0n) is 36.7. The lowest BCUT2D eigenvalue weighted by molar-refractivity contribution is -0.138. The van der Waals surface area contributed by atoms with E-state index in [1.54, 1.807) is 13.8 Å². The van der Waals surface area contributed by atoms with Crippen molar-refractivity contribution in [3.63, 3.8) is 0 Å². The predicted octanol–water partition coefficient (Wildman–Crippen LogP) is 13.3. The molecule has 5 aromatic rings. The van der Waals surface area contributed by atoms with Crippen LogP contribution >= 0.6 is 46.4 Å². The largest absolute Gasteiger partial charge is 0.416 e. The van der Waals surface area contributed by atoms with Crippen LogP contribution in [0.5, 0.6) is 0 Å². The predicted molar refractivity (Wildman–Crippen MR) is 252 cm³/mol. The highest BCUT2D eigenvalue weighted by atomic mass is 35.5. The summed E-state index contributed by atoms with van der Waals surface area (Å²) in [5, 5.41) is 24.5. The fourth-order valence-electron chi connectivity index (χ4n) is 6.36. The summed E-state index contributed by atoms with van der Waals surface area (Å²) in [6, 6.07) is 12.0. The van der Waals surface area contributed by atoms with Crippen molar-refractivity contribution in [3.8, 4) is 0 Å². The van der Waals surface area contributed by atoms with Crippen molar-refractivity contribution in [2.45, 2.75) is 65.0 Å². The van der Waals surface area contributed by atoms with Crippen LogP contribution in [0.2, 0.25) is 20.1 Å². The van der Waals surface area contributed by atoms with E-state index in [2.05, 4.69) is 41.7 Å². The first-order valence-electron chi connectivity index (χ1n) is 20.4. The molecule has 0 aliphatic heterocycles. The molecule has 5 aromatic carbocycles. The van der Waals surface area contributed by atoms with Crippen LogP contribution in [0.4, 0.5) is 60.5 Å². The Labute approximate surface area is 414 Å². The zero-order valence-corrected chi connectivity index (χ0v) is 39.7. The second kappa shape index (κ2) is 22.8. The molecule has 24 heteroatoms. The molecular weight excluding hydrogens is 1020 g/mol. The number of ketones is 2. The van der Waals surface area contributed by atoms with Gasteiger partial charge in [0.25, 0.3) is 23.6 Å². The van der Waals surface area contributed by atoms with E-state index in [0.29, 0.717) is 23.3 Å². The molecule has 14 nitrogen and oxygen atoms in total. The average molecular weight is 1050 g/mol. The Hall–Kier alpha value is -6.74. The number of alkyl halides is 6. The Morgan fingerprint density at radius 2 is 0.929 bits per heavy atom. The molecule has 2 atom stereocenters. The van der Waals surface area contributed by atoms with Gasteiger partial charge in [-0.05, 0) is 111 Å². The van der Waals surface area contributed by atoms with Crippen LogP contribution in [-0.4, -0.2) is 47.3 Å².